The molecule has 0 aromatic carbocycles. The van der Waals surface area contributed by atoms with Gasteiger partial charge in [0.1, 0.15) is 6.33 Å². The van der Waals surface area contributed by atoms with Crippen molar-refractivity contribution in [1.82, 2.24) is 24.5 Å². The summed E-state index contributed by atoms with van der Waals surface area (Å²) in [6, 6.07) is 0. The summed E-state index contributed by atoms with van der Waals surface area (Å²) in [6.45, 7) is 12.0. The maximum absolute atomic E-state index is 12.5. The third-order valence-electron chi connectivity index (χ3n) is 3.63. The second-order valence-electron chi connectivity index (χ2n) is 6.12. The summed E-state index contributed by atoms with van der Waals surface area (Å²) in [4.78, 5) is 34.4. The maximum atomic E-state index is 12.5. The van der Waals surface area contributed by atoms with E-state index in [1.165, 1.54) is 17.0 Å². The van der Waals surface area contributed by atoms with Crippen molar-refractivity contribution in [2.24, 2.45) is 0 Å². The van der Waals surface area contributed by atoms with Gasteiger partial charge < -0.3 is 9.64 Å². The molecule has 2 heterocycles. The first-order chi connectivity index (χ1) is 11.8. The molecule has 8 heteroatoms. The summed E-state index contributed by atoms with van der Waals surface area (Å²) in [5.41, 5.74) is 1.79. The molecule has 0 radical (unpaired) electrons. The average Bonchev–Trinajstić information content (AvgIpc) is 3.04. The lowest BCUT2D eigenvalue weighted by Crippen LogP contribution is -2.35. The highest BCUT2D eigenvalue weighted by Gasteiger charge is 2.22. The Morgan fingerprint density at radius 1 is 1.36 bits per heavy atom. The summed E-state index contributed by atoms with van der Waals surface area (Å²) in [6.07, 6.45) is 2.79. The zero-order valence-electron chi connectivity index (χ0n) is 15.0. The van der Waals surface area contributed by atoms with Crippen molar-refractivity contribution in [3.8, 4) is 0 Å². The highest BCUT2D eigenvalue weighted by molar-refractivity contribution is 5.92. The molecule has 2 aromatic heterocycles. The predicted molar refractivity (Wildman–Crippen MR) is 92.2 cm³/mol. The molecule has 0 spiro atoms. The predicted octanol–water partition coefficient (Wildman–Crippen LogP) is 1.83. The summed E-state index contributed by atoms with van der Waals surface area (Å²) in [5.74, 6) is -0.455. The van der Waals surface area contributed by atoms with E-state index in [1.54, 1.807) is 4.90 Å². The standard InChI is InChI=1S/C17H23N5O3/c1-6-21(8-11(2)3)14(23)9-25-16(24)13-7-18-17-19-10-20-22(17)15(13)12(4)5/h7,10,12H,2,6,8-9H2,1,3-5H3. The van der Waals surface area contributed by atoms with Crippen molar-refractivity contribution in [2.75, 3.05) is 19.7 Å². The Labute approximate surface area is 146 Å². The van der Waals surface area contributed by atoms with Crippen molar-refractivity contribution in [3.63, 3.8) is 0 Å². The molecule has 0 saturated heterocycles. The van der Waals surface area contributed by atoms with E-state index in [-0.39, 0.29) is 24.0 Å². The van der Waals surface area contributed by atoms with Crippen LogP contribution in [0.3, 0.4) is 0 Å². The van der Waals surface area contributed by atoms with Crippen LogP contribution in [0, 0.1) is 0 Å². The number of likely N-dealkylation sites (N-methyl/N-ethyl adjacent to an activating group) is 1. The second-order valence-corrected chi connectivity index (χ2v) is 6.12. The zero-order valence-corrected chi connectivity index (χ0v) is 15.0. The summed E-state index contributed by atoms with van der Waals surface area (Å²) < 4.78 is 6.73. The number of rotatable bonds is 7. The summed E-state index contributed by atoms with van der Waals surface area (Å²) in [7, 11) is 0. The molecule has 1 amide bonds. The Morgan fingerprint density at radius 3 is 2.68 bits per heavy atom. The third kappa shape index (κ3) is 4.20. The van der Waals surface area contributed by atoms with Crippen molar-refractivity contribution in [3.05, 3.63) is 35.9 Å². The Hall–Kier alpha value is -2.77. The van der Waals surface area contributed by atoms with Gasteiger partial charge in [0.05, 0.1) is 11.3 Å². The number of hydrogen-bond acceptors (Lipinski definition) is 6. The van der Waals surface area contributed by atoms with Crippen LogP contribution < -0.4 is 0 Å². The van der Waals surface area contributed by atoms with E-state index in [0.29, 0.717) is 24.6 Å². The van der Waals surface area contributed by atoms with Gasteiger partial charge in [-0.25, -0.2) is 14.3 Å². The van der Waals surface area contributed by atoms with E-state index >= 15 is 0 Å². The van der Waals surface area contributed by atoms with Crippen LogP contribution in [0.2, 0.25) is 0 Å². The molecule has 0 fully saturated rings. The Balaban J connectivity index is 2.16. The van der Waals surface area contributed by atoms with Crippen LogP contribution in [0.25, 0.3) is 5.78 Å². The van der Waals surface area contributed by atoms with Gasteiger partial charge in [0.15, 0.2) is 6.61 Å². The Bertz CT molecular complexity index is 797. The first kappa shape index (κ1) is 18.6. The van der Waals surface area contributed by atoms with Gasteiger partial charge in [-0.05, 0) is 19.8 Å². The minimum atomic E-state index is -0.603. The van der Waals surface area contributed by atoms with Gasteiger partial charge >= 0.3 is 5.97 Å². The molecular formula is C17H23N5O3. The fraction of sp³-hybridized carbons (Fsp3) is 0.471. The van der Waals surface area contributed by atoms with Gasteiger partial charge in [-0.3, -0.25) is 4.79 Å². The normalized spacial score (nSPS) is 10.9. The van der Waals surface area contributed by atoms with Crippen LogP contribution in [-0.4, -0.2) is 56.1 Å². The molecule has 0 aliphatic carbocycles. The molecule has 0 aliphatic heterocycles. The van der Waals surface area contributed by atoms with Crippen molar-refractivity contribution >= 4 is 17.7 Å². The van der Waals surface area contributed by atoms with E-state index in [9.17, 15) is 9.59 Å². The molecule has 0 unspecified atom stereocenters. The fourth-order valence-electron chi connectivity index (χ4n) is 2.51. The van der Waals surface area contributed by atoms with Crippen LogP contribution in [0.1, 0.15) is 49.7 Å². The largest absolute Gasteiger partial charge is 0.452 e. The van der Waals surface area contributed by atoms with E-state index in [0.717, 1.165) is 5.57 Å². The third-order valence-corrected chi connectivity index (χ3v) is 3.63. The van der Waals surface area contributed by atoms with Crippen molar-refractivity contribution in [2.45, 2.75) is 33.6 Å². The highest BCUT2D eigenvalue weighted by Crippen LogP contribution is 2.19. The first-order valence-corrected chi connectivity index (χ1v) is 8.13. The van der Waals surface area contributed by atoms with Crippen LogP contribution in [0.5, 0.6) is 0 Å². The number of aromatic nitrogens is 4. The topological polar surface area (TPSA) is 89.7 Å². The number of ether oxygens (including phenoxy) is 1. The lowest BCUT2D eigenvalue weighted by Gasteiger charge is -2.21. The van der Waals surface area contributed by atoms with Crippen LogP contribution >= 0.6 is 0 Å². The zero-order chi connectivity index (χ0) is 18.6. The van der Waals surface area contributed by atoms with Gasteiger partial charge in [0.25, 0.3) is 11.7 Å². The number of esters is 1. The van der Waals surface area contributed by atoms with E-state index in [4.69, 9.17) is 4.74 Å². The molecule has 2 rings (SSSR count). The Kier molecular flexibility index (Phi) is 5.84. The number of carbonyl (C=O) groups excluding carboxylic acids is 2. The second kappa shape index (κ2) is 7.87. The number of amides is 1. The van der Waals surface area contributed by atoms with Gasteiger partial charge in [-0.2, -0.15) is 10.1 Å². The quantitative estimate of drug-likeness (QED) is 0.562. The number of fused-ring (bicyclic) bond motifs is 1. The lowest BCUT2D eigenvalue weighted by atomic mass is 10.1. The number of nitrogens with zero attached hydrogens (tertiary/aromatic N) is 5. The molecule has 25 heavy (non-hydrogen) atoms. The molecular weight excluding hydrogens is 322 g/mol. The van der Waals surface area contributed by atoms with Crippen molar-refractivity contribution in [1.29, 1.82) is 0 Å². The van der Waals surface area contributed by atoms with Crippen molar-refractivity contribution < 1.29 is 14.3 Å². The smallest absolute Gasteiger partial charge is 0.342 e. The highest BCUT2D eigenvalue weighted by atomic mass is 16.5. The van der Waals surface area contributed by atoms with Gasteiger partial charge in [-0.1, -0.05) is 26.0 Å². The first-order valence-electron chi connectivity index (χ1n) is 8.13. The van der Waals surface area contributed by atoms with E-state index < -0.39 is 5.97 Å². The molecule has 8 nitrogen and oxygen atoms in total. The lowest BCUT2D eigenvalue weighted by molar-refractivity contribution is -0.133. The van der Waals surface area contributed by atoms with E-state index in [2.05, 4.69) is 21.6 Å². The molecule has 0 bridgehead atoms. The maximum Gasteiger partial charge on any atom is 0.342 e. The monoisotopic (exact) mass is 345 g/mol. The molecule has 0 aliphatic rings. The van der Waals surface area contributed by atoms with Gasteiger partial charge in [0.2, 0.25) is 0 Å². The molecule has 0 N–H and O–H groups in total. The van der Waals surface area contributed by atoms with Crippen LogP contribution in [-0.2, 0) is 9.53 Å². The minimum absolute atomic E-state index is 0.000933. The van der Waals surface area contributed by atoms with Crippen LogP contribution in [0.15, 0.2) is 24.7 Å². The van der Waals surface area contributed by atoms with Gasteiger partial charge in [-0.15, -0.1) is 0 Å². The van der Waals surface area contributed by atoms with E-state index in [1.807, 2.05) is 27.7 Å². The summed E-state index contributed by atoms with van der Waals surface area (Å²) >= 11 is 0. The minimum Gasteiger partial charge on any atom is -0.452 e. The molecule has 2 aromatic rings. The SMILES string of the molecule is C=C(C)CN(CC)C(=O)COC(=O)c1cnc2ncnn2c1C(C)C. The Morgan fingerprint density at radius 2 is 2.08 bits per heavy atom. The average molecular weight is 345 g/mol. The molecule has 0 atom stereocenters. The summed E-state index contributed by atoms with van der Waals surface area (Å²) in [5, 5.41) is 4.10. The van der Waals surface area contributed by atoms with Gasteiger partial charge in [0, 0.05) is 19.3 Å². The van der Waals surface area contributed by atoms with Crippen LogP contribution in [0.4, 0.5) is 0 Å². The molecule has 0 saturated carbocycles. The molecule has 134 valence electrons. The number of hydrogen-bond donors (Lipinski definition) is 0. The fourth-order valence-corrected chi connectivity index (χ4v) is 2.51. The number of carbonyl (C=O) groups is 2.